The van der Waals surface area contributed by atoms with E-state index < -0.39 is 0 Å². The van der Waals surface area contributed by atoms with E-state index >= 15 is 0 Å². The molecular weight excluding hydrogens is 211 g/mol. The minimum absolute atomic E-state index is 0.657. The summed E-state index contributed by atoms with van der Waals surface area (Å²) in [6, 6.07) is 19.9. The lowest BCUT2D eigenvalue weighted by atomic mass is 10.2. The van der Waals surface area contributed by atoms with Crippen molar-refractivity contribution >= 4 is 0 Å². The average Bonchev–Trinajstić information content (AvgIpc) is 2.90. The van der Waals surface area contributed by atoms with Gasteiger partial charge in [-0.05, 0) is 12.1 Å². The first-order chi connectivity index (χ1) is 8.43. The summed E-state index contributed by atoms with van der Waals surface area (Å²) in [5.41, 5.74) is 2.04. The molecule has 2 aromatic carbocycles. The molecule has 0 saturated carbocycles. The molecule has 3 rings (SSSR count). The van der Waals surface area contributed by atoms with Crippen molar-refractivity contribution in [3.8, 4) is 22.8 Å². The van der Waals surface area contributed by atoms with E-state index in [0.29, 0.717) is 5.89 Å². The number of rotatable bonds is 2. The van der Waals surface area contributed by atoms with Crippen molar-refractivity contribution in [2.75, 3.05) is 0 Å². The Morgan fingerprint density at radius 3 is 1.94 bits per heavy atom. The van der Waals surface area contributed by atoms with Gasteiger partial charge in [-0.1, -0.05) is 48.5 Å². The van der Waals surface area contributed by atoms with Crippen molar-refractivity contribution in [2.24, 2.45) is 0 Å². The highest BCUT2D eigenvalue weighted by Crippen LogP contribution is 2.25. The molecular formula is C15H11NO. The summed E-state index contributed by atoms with van der Waals surface area (Å²) in [6.07, 6.45) is 1.76. The van der Waals surface area contributed by atoms with Crippen LogP contribution in [0.2, 0.25) is 0 Å². The molecule has 0 aliphatic rings. The first kappa shape index (κ1) is 9.85. The van der Waals surface area contributed by atoms with Crippen LogP contribution in [-0.4, -0.2) is 4.98 Å². The number of nitrogens with zero attached hydrogens (tertiary/aromatic N) is 1. The van der Waals surface area contributed by atoms with Crippen LogP contribution in [0.3, 0.4) is 0 Å². The zero-order chi connectivity index (χ0) is 11.5. The molecule has 0 fully saturated rings. The third-order valence-corrected chi connectivity index (χ3v) is 2.58. The summed E-state index contributed by atoms with van der Waals surface area (Å²) < 4.78 is 5.74. The molecule has 1 heterocycles. The van der Waals surface area contributed by atoms with Gasteiger partial charge in [-0.2, -0.15) is 0 Å². The van der Waals surface area contributed by atoms with Crippen molar-refractivity contribution < 1.29 is 4.42 Å². The normalized spacial score (nSPS) is 10.4. The topological polar surface area (TPSA) is 26.0 Å². The quantitative estimate of drug-likeness (QED) is 0.654. The van der Waals surface area contributed by atoms with E-state index in [2.05, 4.69) is 4.98 Å². The van der Waals surface area contributed by atoms with Crippen LogP contribution in [-0.2, 0) is 0 Å². The fourth-order valence-electron chi connectivity index (χ4n) is 1.72. The third-order valence-electron chi connectivity index (χ3n) is 2.58. The summed E-state index contributed by atoms with van der Waals surface area (Å²) >= 11 is 0. The van der Waals surface area contributed by atoms with E-state index in [9.17, 15) is 0 Å². The number of oxazole rings is 1. The van der Waals surface area contributed by atoms with Crippen LogP contribution in [0.25, 0.3) is 22.8 Å². The van der Waals surface area contributed by atoms with E-state index in [1.54, 1.807) is 6.20 Å². The van der Waals surface area contributed by atoms with E-state index in [0.717, 1.165) is 16.9 Å². The zero-order valence-corrected chi connectivity index (χ0v) is 9.21. The molecule has 0 aliphatic carbocycles. The van der Waals surface area contributed by atoms with Crippen molar-refractivity contribution in [3.63, 3.8) is 0 Å². The molecule has 3 aromatic rings. The summed E-state index contributed by atoms with van der Waals surface area (Å²) in [7, 11) is 0. The summed E-state index contributed by atoms with van der Waals surface area (Å²) in [4.78, 5) is 4.30. The molecule has 0 saturated heterocycles. The molecule has 2 nitrogen and oxygen atoms in total. The highest BCUT2D eigenvalue weighted by Gasteiger charge is 2.06. The van der Waals surface area contributed by atoms with E-state index in [-0.39, 0.29) is 0 Å². The Bertz CT molecular complexity index is 545. The lowest BCUT2D eigenvalue weighted by molar-refractivity contribution is 0.589. The van der Waals surface area contributed by atoms with Crippen LogP contribution in [0.15, 0.2) is 71.3 Å². The van der Waals surface area contributed by atoms with E-state index in [1.165, 1.54) is 0 Å². The smallest absolute Gasteiger partial charge is 0.226 e. The Labute approximate surface area is 99.6 Å². The molecule has 0 spiro atoms. The van der Waals surface area contributed by atoms with Crippen LogP contribution in [0, 0.1) is 0 Å². The number of hydrogen-bond acceptors (Lipinski definition) is 2. The van der Waals surface area contributed by atoms with Gasteiger partial charge in [0, 0.05) is 11.1 Å². The van der Waals surface area contributed by atoms with Gasteiger partial charge in [-0.3, -0.25) is 0 Å². The van der Waals surface area contributed by atoms with Crippen LogP contribution in [0.4, 0.5) is 0 Å². The van der Waals surface area contributed by atoms with Crippen LogP contribution in [0.1, 0.15) is 0 Å². The standard InChI is InChI=1S/C15H11NO/c1-3-7-12(8-4-1)14-11-16-15(17-14)13-9-5-2-6-10-13/h1-11H/i15+1. The zero-order valence-electron chi connectivity index (χ0n) is 9.21. The Hall–Kier alpha value is -2.35. The summed E-state index contributed by atoms with van der Waals surface area (Å²) in [6.45, 7) is 0. The molecule has 0 amide bonds. The number of hydrogen-bond donors (Lipinski definition) is 0. The van der Waals surface area contributed by atoms with Gasteiger partial charge in [0.2, 0.25) is 5.89 Å². The molecule has 0 bridgehead atoms. The lowest BCUT2D eigenvalue weighted by Crippen LogP contribution is -1.73. The minimum atomic E-state index is 0.657. The molecule has 17 heavy (non-hydrogen) atoms. The molecule has 0 unspecified atom stereocenters. The summed E-state index contributed by atoms with van der Waals surface area (Å²) in [5, 5.41) is 0. The van der Waals surface area contributed by atoms with Gasteiger partial charge in [0.05, 0.1) is 6.20 Å². The van der Waals surface area contributed by atoms with E-state index in [4.69, 9.17) is 4.42 Å². The van der Waals surface area contributed by atoms with Crippen LogP contribution < -0.4 is 0 Å². The van der Waals surface area contributed by atoms with Gasteiger partial charge in [0.1, 0.15) is 0 Å². The van der Waals surface area contributed by atoms with E-state index in [1.807, 2.05) is 60.7 Å². The third kappa shape index (κ3) is 1.97. The van der Waals surface area contributed by atoms with Crippen LogP contribution in [0.5, 0.6) is 0 Å². The maximum atomic E-state index is 5.74. The van der Waals surface area contributed by atoms with Gasteiger partial charge in [0.15, 0.2) is 5.76 Å². The van der Waals surface area contributed by atoms with Gasteiger partial charge in [-0.25, -0.2) is 4.98 Å². The highest BCUT2D eigenvalue weighted by atomic mass is 16.4. The SMILES string of the molecule is c1ccc(-c2cn[13c](-c3ccccc3)o2)cc1. The van der Waals surface area contributed by atoms with Crippen molar-refractivity contribution in [1.29, 1.82) is 0 Å². The highest BCUT2D eigenvalue weighted by molar-refractivity contribution is 5.60. The fraction of sp³-hybridized carbons (Fsp3) is 0. The maximum absolute atomic E-state index is 5.74. The molecule has 2 heteroatoms. The Morgan fingerprint density at radius 2 is 1.29 bits per heavy atom. The summed E-state index contributed by atoms with van der Waals surface area (Å²) in [5.74, 6) is 1.45. The Morgan fingerprint density at radius 1 is 0.706 bits per heavy atom. The number of benzene rings is 2. The van der Waals surface area contributed by atoms with Gasteiger partial charge in [-0.15, -0.1) is 0 Å². The monoisotopic (exact) mass is 222 g/mol. The average molecular weight is 222 g/mol. The van der Waals surface area contributed by atoms with Crippen LogP contribution >= 0.6 is 0 Å². The van der Waals surface area contributed by atoms with Gasteiger partial charge < -0.3 is 4.42 Å². The Kier molecular flexibility index (Phi) is 2.47. The second-order valence-corrected chi connectivity index (χ2v) is 3.76. The van der Waals surface area contributed by atoms with Crippen molar-refractivity contribution in [1.82, 2.24) is 4.98 Å². The first-order valence-corrected chi connectivity index (χ1v) is 5.50. The van der Waals surface area contributed by atoms with Crippen molar-refractivity contribution in [3.05, 3.63) is 66.9 Å². The Balaban J connectivity index is 1.99. The predicted molar refractivity (Wildman–Crippen MR) is 67.4 cm³/mol. The molecule has 0 aliphatic heterocycles. The second-order valence-electron chi connectivity index (χ2n) is 3.76. The van der Waals surface area contributed by atoms with Gasteiger partial charge in [0.25, 0.3) is 0 Å². The fourth-order valence-corrected chi connectivity index (χ4v) is 1.72. The lowest BCUT2D eigenvalue weighted by Gasteiger charge is -1.95. The molecule has 0 N–H and O–H groups in total. The minimum Gasteiger partial charge on any atom is -0.436 e. The molecule has 1 aromatic heterocycles. The molecule has 0 radical (unpaired) electrons. The number of aromatic nitrogens is 1. The van der Waals surface area contributed by atoms with Gasteiger partial charge >= 0.3 is 0 Å². The molecule has 0 atom stereocenters. The second kappa shape index (κ2) is 4.26. The largest absolute Gasteiger partial charge is 0.436 e. The maximum Gasteiger partial charge on any atom is 0.226 e. The predicted octanol–water partition coefficient (Wildman–Crippen LogP) is 4.01. The first-order valence-electron chi connectivity index (χ1n) is 5.50. The molecule has 82 valence electrons. The van der Waals surface area contributed by atoms with Crippen molar-refractivity contribution in [2.45, 2.75) is 0 Å².